The van der Waals surface area contributed by atoms with Crippen molar-refractivity contribution in [2.45, 2.75) is 109 Å². The molecule has 0 saturated carbocycles. The van der Waals surface area contributed by atoms with Crippen molar-refractivity contribution in [2.24, 2.45) is 0 Å². The van der Waals surface area contributed by atoms with Gasteiger partial charge in [-0.1, -0.05) is 136 Å². The Balaban J connectivity index is 1.46. The van der Waals surface area contributed by atoms with Crippen molar-refractivity contribution in [3.8, 4) is 11.4 Å². The lowest BCUT2D eigenvalue weighted by Gasteiger charge is -2.28. The number of hydrogen-bond acceptors (Lipinski definition) is 10. The van der Waals surface area contributed by atoms with E-state index in [4.69, 9.17) is 49.3 Å². The van der Waals surface area contributed by atoms with E-state index >= 15 is 4.79 Å². The van der Waals surface area contributed by atoms with Gasteiger partial charge in [0.05, 0.1) is 51.0 Å². The number of nitrogens with zero attached hydrogens (tertiary/aromatic N) is 4. The van der Waals surface area contributed by atoms with Crippen LogP contribution < -0.4 is 25.7 Å². The molecule has 5 aromatic rings. The predicted octanol–water partition coefficient (Wildman–Crippen LogP) is 10.0. The molecule has 1 aromatic heterocycles. The molecule has 0 aliphatic carbocycles. The Hall–Kier alpha value is -5.56. The number of anilines is 2. The molecule has 1 saturated heterocycles. The van der Waals surface area contributed by atoms with Gasteiger partial charge in [0, 0.05) is 25.1 Å². The summed E-state index contributed by atoms with van der Waals surface area (Å²) >= 11 is 19.9. The molecule has 4 aromatic carbocycles. The van der Waals surface area contributed by atoms with Crippen molar-refractivity contribution in [3.05, 3.63) is 116 Å². The number of sulfonamides is 1. The van der Waals surface area contributed by atoms with E-state index in [2.05, 4.69) is 22.3 Å². The number of carbonyl (C=O) groups excluding carboxylic acids is 4. The Kier molecular flexibility index (Phi) is 18.6. The molecule has 69 heavy (non-hydrogen) atoms. The highest BCUT2D eigenvalue weighted by atomic mass is 35.5. The molecule has 5 amide bonds. The van der Waals surface area contributed by atoms with Crippen LogP contribution in [0.15, 0.2) is 88.6 Å². The van der Waals surface area contributed by atoms with E-state index in [9.17, 15) is 27.6 Å². The Morgan fingerprint density at radius 1 is 0.797 bits per heavy atom. The van der Waals surface area contributed by atoms with Crippen LogP contribution in [0.5, 0.6) is 5.75 Å². The number of rotatable bonds is 24. The second-order valence-corrected chi connectivity index (χ2v) is 19.5. The number of fused-ring (bicyclic) bond motifs is 1. The van der Waals surface area contributed by atoms with Crippen molar-refractivity contribution >= 4 is 90.9 Å². The lowest BCUT2D eigenvalue weighted by molar-refractivity contribution is -0.145. The van der Waals surface area contributed by atoms with Crippen LogP contribution in [0.25, 0.3) is 16.6 Å². The van der Waals surface area contributed by atoms with Crippen molar-refractivity contribution in [1.82, 2.24) is 24.1 Å². The molecule has 2 heterocycles. The van der Waals surface area contributed by atoms with Gasteiger partial charge in [-0.3, -0.25) is 28.6 Å². The van der Waals surface area contributed by atoms with Gasteiger partial charge in [0.15, 0.2) is 6.04 Å². The Morgan fingerprint density at radius 3 is 2.07 bits per heavy atom. The van der Waals surface area contributed by atoms with E-state index in [0.717, 1.165) is 35.2 Å². The fourth-order valence-corrected chi connectivity index (χ4v) is 10.2. The number of nitrogens with one attached hydrogen (secondary N) is 3. The van der Waals surface area contributed by atoms with Crippen LogP contribution in [0.3, 0.4) is 0 Å². The normalized spacial score (nSPS) is 14.4. The zero-order valence-corrected chi connectivity index (χ0v) is 41.9. The molecule has 2 unspecified atom stereocenters. The number of amides is 5. The number of aromatic nitrogens is 2. The maximum Gasteiger partial charge on any atom is 0.330 e. The number of imide groups is 1. The molecule has 3 N–H and O–H groups in total. The number of ether oxygens (including phenoxy) is 2. The molecular weight excluding hydrogens is 969 g/mol. The van der Waals surface area contributed by atoms with Gasteiger partial charge in [0.1, 0.15) is 17.1 Å². The maximum atomic E-state index is 15.4. The molecule has 16 nitrogen and oxygen atoms in total. The highest BCUT2D eigenvalue weighted by Crippen LogP contribution is 2.38. The van der Waals surface area contributed by atoms with E-state index in [1.807, 2.05) is 0 Å². The third-order valence-corrected chi connectivity index (χ3v) is 13.7. The fraction of sp³-hybridized carbons (Fsp3) is 0.388. The lowest BCUT2D eigenvalue weighted by Crippen LogP contribution is -2.45. The van der Waals surface area contributed by atoms with Crippen LogP contribution >= 0.6 is 34.8 Å². The van der Waals surface area contributed by atoms with Gasteiger partial charge in [0.25, 0.3) is 17.4 Å². The average molecular weight is 1030 g/mol. The highest BCUT2D eigenvalue weighted by Gasteiger charge is 2.53. The number of halogens is 3. The molecule has 1 aliphatic rings. The predicted molar refractivity (Wildman–Crippen MR) is 268 cm³/mol. The molecule has 20 heteroatoms. The third-order valence-electron chi connectivity index (χ3n) is 11.5. The largest absolute Gasteiger partial charge is 0.495 e. The SMILES string of the molecule is CCCCCCCCCCCCNS(=O)(=O)c1ccc(OC)c(NC(=O)C(c2nc3c(NC(C)=O)cccc3c(=O)n2-c2c(Cl)cc(Cl)cc2Cl)N2C(=O)C(OCC)N(Cc3ccccc3)C2=O)c1. The van der Waals surface area contributed by atoms with Crippen molar-refractivity contribution in [2.75, 3.05) is 30.9 Å². The number of benzene rings is 4. The molecule has 368 valence electrons. The molecule has 2 atom stereocenters. The first kappa shape index (κ1) is 52.8. The summed E-state index contributed by atoms with van der Waals surface area (Å²) in [5.74, 6) is -3.23. The number of para-hydroxylation sites is 1. The minimum Gasteiger partial charge on any atom is -0.495 e. The Bertz CT molecular complexity index is 2830. The average Bonchev–Trinajstić information content (AvgIpc) is 3.52. The van der Waals surface area contributed by atoms with Crippen LogP contribution in [0.1, 0.15) is 102 Å². The summed E-state index contributed by atoms with van der Waals surface area (Å²) in [5.41, 5.74) is -0.695. The molecule has 1 aliphatic heterocycles. The minimum absolute atomic E-state index is 0.00770. The quantitative estimate of drug-likeness (QED) is 0.0395. The fourth-order valence-electron chi connectivity index (χ4n) is 8.14. The van der Waals surface area contributed by atoms with Crippen LogP contribution in [0, 0.1) is 0 Å². The molecule has 1 fully saturated rings. The first-order valence-corrected chi connectivity index (χ1v) is 25.5. The van der Waals surface area contributed by atoms with E-state index in [-0.39, 0.29) is 73.4 Å². The van der Waals surface area contributed by atoms with E-state index in [0.29, 0.717) is 16.9 Å². The van der Waals surface area contributed by atoms with Crippen molar-refractivity contribution < 1.29 is 37.1 Å². The summed E-state index contributed by atoms with van der Waals surface area (Å²) < 4.78 is 42.4. The van der Waals surface area contributed by atoms with Crippen LogP contribution in [-0.4, -0.2) is 78.0 Å². The Labute approximate surface area is 416 Å². The van der Waals surface area contributed by atoms with Crippen molar-refractivity contribution in [3.63, 3.8) is 0 Å². The number of hydrogen-bond donors (Lipinski definition) is 3. The minimum atomic E-state index is -4.14. The Morgan fingerprint density at radius 2 is 1.45 bits per heavy atom. The van der Waals surface area contributed by atoms with Gasteiger partial charge >= 0.3 is 6.03 Å². The zero-order valence-electron chi connectivity index (χ0n) is 38.9. The smallest absolute Gasteiger partial charge is 0.330 e. The standard InChI is InChI=1S/C49H56Cl3N7O9S/c1-5-7-8-9-10-11-12-13-14-18-26-53-69(65,66)34-24-25-40(67-4)39(29-34)55-45(61)43(59-47(63)48(68-6-2)57(49(59)64)30-32-20-16-15-17-21-32)44-56-41-35(22-19-23-38(41)54-31(3)60)46(62)58(44)42-36(51)27-33(50)28-37(42)52/h15-17,19-25,27-29,43,48,53H,5-14,18,26,30H2,1-4H3,(H,54,60)(H,55,61). The summed E-state index contributed by atoms with van der Waals surface area (Å²) in [6.45, 7) is 5.07. The number of carbonyl (C=O) groups is 4. The van der Waals surface area contributed by atoms with Crippen LogP contribution in [-0.2, 0) is 35.7 Å². The first-order valence-electron chi connectivity index (χ1n) is 22.9. The van der Waals surface area contributed by atoms with Crippen LogP contribution in [0.4, 0.5) is 16.2 Å². The van der Waals surface area contributed by atoms with Gasteiger partial charge in [-0.15, -0.1) is 0 Å². The lowest BCUT2D eigenvalue weighted by atomic mass is 10.1. The molecule has 6 rings (SSSR count). The maximum absolute atomic E-state index is 15.4. The van der Waals surface area contributed by atoms with Gasteiger partial charge in [-0.25, -0.2) is 27.8 Å². The molecule has 0 radical (unpaired) electrons. The number of unbranched alkanes of at least 4 members (excludes halogenated alkanes) is 9. The van der Waals surface area contributed by atoms with Crippen molar-refractivity contribution in [1.29, 1.82) is 0 Å². The number of urea groups is 1. The van der Waals surface area contributed by atoms with Crippen LogP contribution in [0.2, 0.25) is 15.1 Å². The topological polar surface area (TPSA) is 198 Å². The molecule has 0 spiro atoms. The summed E-state index contributed by atoms with van der Waals surface area (Å²) in [6, 6.07) is 16.4. The second kappa shape index (κ2) is 24.3. The van der Waals surface area contributed by atoms with E-state index in [1.54, 1.807) is 37.3 Å². The monoisotopic (exact) mass is 1020 g/mol. The third kappa shape index (κ3) is 12.6. The molecule has 0 bridgehead atoms. The first-order chi connectivity index (χ1) is 33.1. The zero-order chi connectivity index (χ0) is 49.8. The van der Waals surface area contributed by atoms with E-state index < -0.39 is 57.4 Å². The molecular formula is C49H56Cl3N7O9S. The highest BCUT2D eigenvalue weighted by molar-refractivity contribution is 7.89. The van der Waals surface area contributed by atoms with Gasteiger partial charge in [-0.2, -0.15) is 0 Å². The van der Waals surface area contributed by atoms with E-state index in [1.165, 1.54) is 94.7 Å². The number of methoxy groups -OCH3 is 1. The second-order valence-electron chi connectivity index (χ2n) is 16.5. The summed E-state index contributed by atoms with van der Waals surface area (Å²) in [5, 5.41) is 4.99. The summed E-state index contributed by atoms with van der Waals surface area (Å²) in [4.78, 5) is 79.0. The van der Waals surface area contributed by atoms with Gasteiger partial charge < -0.3 is 20.1 Å². The summed E-state index contributed by atoms with van der Waals surface area (Å²) in [6.07, 6.45) is 9.22. The summed E-state index contributed by atoms with van der Waals surface area (Å²) in [7, 11) is -2.84. The van der Waals surface area contributed by atoms with Gasteiger partial charge in [-0.05, 0) is 61.4 Å². The van der Waals surface area contributed by atoms with Gasteiger partial charge in [0.2, 0.25) is 22.2 Å².